The Bertz CT molecular complexity index is 759. The fourth-order valence-electron chi connectivity index (χ4n) is 1.66. The van der Waals surface area contributed by atoms with Crippen molar-refractivity contribution in [3.63, 3.8) is 0 Å². The number of hydrogen-bond acceptors (Lipinski definition) is 5. The van der Waals surface area contributed by atoms with Crippen LogP contribution in [0.15, 0.2) is 39.8 Å². The van der Waals surface area contributed by atoms with Crippen molar-refractivity contribution < 1.29 is 12.8 Å². The summed E-state index contributed by atoms with van der Waals surface area (Å²) in [7, 11) is -3.73. The number of rotatable bonds is 4. The molecule has 0 fully saturated rings. The highest BCUT2D eigenvalue weighted by atomic mass is 32.2. The van der Waals surface area contributed by atoms with Crippen LogP contribution in [0.4, 0.5) is 0 Å². The minimum atomic E-state index is -3.73. The van der Waals surface area contributed by atoms with E-state index in [1.165, 1.54) is 24.4 Å². The Balaban J connectivity index is 2.25. The Kier molecular flexibility index (Phi) is 3.88. The minimum Gasteiger partial charge on any atom is -0.444 e. The first kappa shape index (κ1) is 14.2. The first-order valence-corrected chi connectivity index (χ1v) is 7.35. The maximum absolute atomic E-state index is 12.2. The van der Waals surface area contributed by atoms with Crippen LogP contribution in [-0.2, 0) is 10.0 Å². The monoisotopic (exact) mass is 291 g/mol. The van der Waals surface area contributed by atoms with E-state index in [9.17, 15) is 8.42 Å². The molecule has 0 saturated heterocycles. The molecule has 1 aromatic carbocycles. The molecular weight excluding hydrogens is 278 g/mol. The van der Waals surface area contributed by atoms with Crippen LogP contribution >= 0.6 is 0 Å². The molecule has 0 aliphatic heterocycles. The van der Waals surface area contributed by atoms with Crippen molar-refractivity contribution in [2.45, 2.75) is 24.8 Å². The molecule has 2 aromatic rings. The summed E-state index contributed by atoms with van der Waals surface area (Å²) in [5.74, 6) is 0.903. The summed E-state index contributed by atoms with van der Waals surface area (Å²) in [5, 5.41) is 8.80. The van der Waals surface area contributed by atoms with Gasteiger partial charge in [-0.2, -0.15) is 9.98 Å². The second-order valence-electron chi connectivity index (χ2n) is 4.29. The molecule has 0 radical (unpaired) electrons. The van der Waals surface area contributed by atoms with E-state index in [2.05, 4.69) is 9.71 Å². The normalized spacial score (nSPS) is 12.8. The number of oxazole rings is 1. The molecular formula is C13H13N3O3S. The third kappa shape index (κ3) is 3.04. The van der Waals surface area contributed by atoms with Crippen molar-refractivity contribution >= 4 is 10.0 Å². The van der Waals surface area contributed by atoms with Gasteiger partial charge in [0.25, 0.3) is 0 Å². The number of benzene rings is 1. The number of nitriles is 1. The van der Waals surface area contributed by atoms with Gasteiger partial charge < -0.3 is 4.42 Å². The Hall–Kier alpha value is -2.17. The van der Waals surface area contributed by atoms with Gasteiger partial charge in [0.15, 0.2) is 0 Å². The average Bonchev–Trinajstić information content (AvgIpc) is 2.85. The molecule has 1 N–H and O–H groups in total. The highest BCUT2D eigenvalue weighted by Crippen LogP contribution is 2.17. The van der Waals surface area contributed by atoms with Gasteiger partial charge in [-0.15, -0.1) is 0 Å². The molecule has 0 aliphatic rings. The molecule has 1 atom stereocenters. The fourth-order valence-corrected chi connectivity index (χ4v) is 2.90. The largest absolute Gasteiger partial charge is 0.444 e. The number of sulfonamides is 1. The molecule has 1 aromatic heterocycles. The molecule has 6 nitrogen and oxygen atoms in total. The zero-order chi connectivity index (χ0) is 14.8. The lowest BCUT2D eigenvalue weighted by Gasteiger charge is -2.11. The number of aromatic nitrogens is 1. The summed E-state index contributed by atoms with van der Waals surface area (Å²) in [4.78, 5) is 4.02. The molecule has 1 heterocycles. The summed E-state index contributed by atoms with van der Waals surface area (Å²) in [6.07, 6.45) is 1.52. The molecule has 0 spiro atoms. The molecule has 7 heteroatoms. The maximum atomic E-state index is 12.2. The molecule has 2 rings (SSSR count). The van der Waals surface area contributed by atoms with E-state index in [1.807, 2.05) is 6.07 Å². The van der Waals surface area contributed by atoms with Crippen LogP contribution in [0.5, 0.6) is 0 Å². The van der Waals surface area contributed by atoms with Crippen LogP contribution < -0.4 is 4.72 Å². The summed E-state index contributed by atoms with van der Waals surface area (Å²) in [5.41, 5.74) is 0.285. The van der Waals surface area contributed by atoms with Crippen LogP contribution in [0.2, 0.25) is 0 Å². The average molecular weight is 291 g/mol. The van der Waals surface area contributed by atoms with E-state index in [1.54, 1.807) is 19.9 Å². The number of nitrogens with one attached hydrogen (secondary N) is 1. The fraction of sp³-hybridized carbons (Fsp3) is 0.231. The lowest BCUT2D eigenvalue weighted by molar-refractivity contribution is 0.428. The van der Waals surface area contributed by atoms with Crippen molar-refractivity contribution in [3.05, 3.63) is 47.7 Å². The molecule has 1 unspecified atom stereocenters. The van der Waals surface area contributed by atoms with E-state index in [-0.39, 0.29) is 10.5 Å². The van der Waals surface area contributed by atoms with Crippen LogP contribution in [0.3, 0.4) is 0 Å². The van der Waals surface area contributed by atoms with E-state index < -0.39 is 16.1 Å². The van der Waals surface area contributed by atoms with Gasteiger partial charge in [0.2, 0.25) is 15.9 Å². The van der Waals surface area contributed by atoms with Gasteiger partial charge in [-0.25, -0.2) is 13.4 Å². The lowest BCUT2D eigenvalue weighted by Crippen LogP contribution is -2.27. The Labute approximate surface area is 117 Å². The van der Waals surface area contributed by atoms with Crippen molar-refractivity contribution in [1.82, 2.24) is 9.71 Å². The van der Waals surface area contributed by atoms with E-state index in [0.717, 1.165) is 0 Å². The second kappa shape index (κ2) is 5.45. The van der Waals surface area contributed by atoms with Crippen LogP contribution in [-0.4, -0.2) is 13.4 Å². The smallest absolute Gasteiger partial charge is 0.241 e. The van der Waals surface area contributed by atoms with Crippen molar-refractivity contribution in [1.29, 1.82) is 5.26 Å². The molecule has 0 aliphatic carbocycles. The summed E-state index contributed by atoms with van der Waals surface area (Å²) in [6.45, 7) is 3.37. The van der Waals surface area contributed by atoms with Gasteiger partial charge in [-0.1, -0.05) is 6.07 Å². The Morgan fingerprint density at radius 2 is 2.20 bits per heavy atom. The third-order valence-electron chi connectivity index (χ3n) is 2.61. The first-order chi connectivity index (χ1) is 9.42. The highest BCUT2D eigenvalue weighted by Gasteiger charge is 2.21. The zero-order valence-corrected chi connectivity index (χ0v) is 11.8. The number of hydrogen-bond donors (Lipinski definition) is 1. The van der Waals surface area contributed by atoms with Gasteiger partial charge in [-0.05, 0) is 32.0 Å². The van der Waals surface area contributed by atoms with E-state index in [0.29, 0.717) is 11.7 Å². The van der Waals surface area contributed by atoms with E-state index in [4.69, 9.17) is 9.68 Å². The SMILES string of the molecule is Cc1cnc(C(C)NS(=O)(=O)c2cccc(C#N)c2)o1. The minimum absolute atomic E-state index is 0.0340. The quantitative estimate of drug-likeness (QED) is 0.928. The second-order valence-corrected chi connectivity index (χ2v) is 6.01. The highest BCUT2D eigenvalue weighted by molar-refractivity contribution is 7.89. The van der Waals surface area contributed by atoms with Gasteiger partial charge in [-0.3, -0.25) is 0 Å². The standard InChI is InChI=1S/C13H13N3O3S/c1-9-8-15-13(19-9)10(2)16-20(17,18)12-5-3-4-11(6-12)7-14/h3-6,8,10,16H,1-2H3. The maximum Gasteiger partial charge on any atom is 0.241 e. The van der Waals surface area contributed by atoms with Crippen LogP contribution in [0.25, 0.3) is 0 Å². The van der Waals surface area contributed by atoms with Crippen LogP contribution in [0.1, 0.15) is 30.2 Å². The van der Waals surface area contributed by atoms with Gasteiger partial charge in [0, 0.05) is 0 Å². The molecule has 104 valence electrons. The molecule has 0 bridgehead atoms. The van der Waals surface area contributed by atoms with Crippen molar-refractivity contribution in [2.75, 3.05) is 0 Å². The van der Waals surface area contributed by atoms with E-state index >= 15 is 0 Å². The van der Waals surface area contributed by atoms with Crippen molar-refractivity contribution in [2.24, 2.45) is 0 Å². The van der Waals surface area contributed by atoms with Gasteiger partial charge in [0.05, 0.1) is 28.8 Å². The Morgan fingerprint density at radius 3 is 2.80 bits per heavy atom. The molecule has 0 amide bonds. The Morgan fingerprint density at radius 1 is 1.45 bits per heavy atom. The van der Waals surface area contributed by atoms with Gasteiger partial charge in [0.1, 0.15) is 5.76 Å². The third-order valence-corrected chi connectivity index (χ3v) is 4.15. The summed E-state index contributed by atoms with van der Waals surface area (Å²) >= 11 is 0. The van der Waals surface area contributed by atoms with Gasteiger partial charge >= 0.3 is 0 Å². The number of nitrogens with zero attached hydrogens (tertiary/aromatic N) is 2. The number of aryl methyl sites for hydroxylation is 1. The molecule has 20 heavy (non-hydrogen) atoms. The van der Waals surface area contributed by atoms with Crippen molar-refractivity contribution in [3.8, 4) is 6.07 Å². The predicted octanol–water partition coefficient (Wildman–Crippen LogP) is 1.89. The van der Waals surface area contributed by atoms with Crippen LogP contribution in [0, 0.1) is 18.3 Å². The first-order valence-electron chi connectivity index (χ1n) is 5.87. The lowest BCUT2D eigenvalue weighted by atomic mass is 10.2. The summed E-state index contributed by atoms with van der Waals surface area (Å²) in [6, 6.07) is 7.11. The summed E-state index contributed by atoms with van der Waals surface area (Å²) < 4.78 is 32.1. The molecule has 0 saturated carbocycles. The topological polar surface area (TPSA) is 96.0 Å². The predicted molar refractivity (Wildman–Crippen MR) is 71.1 cm³/mol. The zero-order valence-electron chi connectivity index (χ0n) is 11.0.